The molecule has 0 radical (unpaired) electrons. The van der Waals surface area contributed by atoms with Crippen LogP contribution in [0.2, 0.25) is 0 Å². The highest BCUT2D eigenvalue weighted by Crippen LogP contribution is 2.26. The molecule has 142 valence electrons. The van der Waals surface area contributed by atoms with Crippen molar-refractivity contribution in [3.63, 3.8) is 0 Å². The summed E-state index contributed by atoms with van der Waals surface area (Å²) in [5.41, 5.74) is 0.131. The van der Waals surface area contributed by atoms with Crippen LogP contribution in [0, 0.1) is 5.82 Å². The number of hydrogen-bond donors (Lipinski definition) is 1. The molecular weight excluding hydrogens is 349 g/mol. The van der Waals surface area contributed by atoms with Crippen LogP contribution in [0.4, 0.5) is 16.0 Å². The van der Waals surface area contributed by atoms with Gasteiger partial charge in [0.25, 0.3) is 11.5 Å². The molecule has 7 nitrogen and oxygen atoms in total. The fourth-order valence-electron chi connectivity index (χ4n) is 3.80. The van der Waals surface area contributed by atoms with Crippen LogP contribution in [0.5, 0.6) is 0 Å². The molecule has 27 heavy (non-hydrogen) atoms. The van der Waals surface area contributed by atoms with Gasteiger partial charge < -0.3 is 10.2 Å². The maximum atomic E-state index is 13.1. The third-order valence-electron chi connectivity index (χ3n) is 5.26. The summed E-state index contributed by atoms with van der Waals surface area (Å²) in [6.45, 7) is 0.925. The Hall–Kier alpha value is -2.77. The zero-order chi connectivity index (χ0) is 18.8. The van der Waals surface area contributed by atoms with E-state index < -0.39 is 11.5 Å². The zero-order valence-corrected chi connectivity index (χ0v) is 15.0. The second-order valence-corrected chi connectivity index (χ2v) is 7.10. The highest BCUT2D eigenvalue weighted by Gasteiger charge is 2.28. The topological polar surface area (TPSA) is 80.1 Å². The first kappa shape index (κ1) is 17.6. The average Bonchev–Trinajstić information content (AvgIpc) is 2.93. The first-order chi connectivity index (χ1) is 13.1. The van der Waals surface area contributed by atoms with E-state index >= 15 is 0 Å². The molecule has 0 unspecified atom stereocenters. The van der Waals surface area contributed by atoms with Gasteiger partial charge in [-0.1, -0.05) is 25.7 Å². The summed E-state index contributed by atoms with van der Waals surface area (Å²) >= 11 is 0. The van der Waals surface area contributed by atoms with Crippen molar-refractivity contribution in [2.24, 2.45) is 0 Å². The van der Waals surface area contributed by atoms with E-state index in [1.54, 1.807) is 17.0 Å². The van der Waals surface area contributed by atoms with Crippen molar-refractivity contribution in [3.05, 3.63) is 46.1 Å². The fourth-order valence-corrected chi connectivity index (χ4v) is 3.80. The summed E-state index contributed by atoms with van der Waals surface area (Å²) in [6.07, 6.45) is 6.42. The molecule has 1 N–H and O–H groups in total. The normalized spacial score (nSPS) is 17.4. The van der Waals surface area contributed by atoms with Crippen LogP contribution in [0.15, 0.2) is 29.1 Å². The van der Waals surface area contributed by atoms with Crippen molar-refractivity contribution in [3.8, 4) is 0 Å². The number of benzene rings is 1. The molecule has 1 fully saturated rings. The number of nitrogens with zero attached hydrogens (tertiary/aromatic N) is 4. The molecule has 8 heteroatoms. The van der Waals surface area contributed by atoms with E-state index in [2.05, 4.69) is 15.5 Å². The first-order valence-electron chi connectivity index (χ1n) is 9.45. The number of nitrogens with one attached hydrogen (secondary N) is 1. The Labute approximate surface area is 156 Å². The molecule has 1 aromatic heterocycles. The van der Waals surface area contributed by atoms with E-state index in [0.717, 1.165) is 31.4 Å². The first-order valence-corrected chi connectivity index (χ1v) is 9.45. The summed E-state index contributed by atoms with van der Waals surface area (Å²) in [4.78, 5) is 27.1. The van der Waals surface area contributed by atoms with Gasteiger partial charge >= 0.3 is 0 Å². The average molecular weight is 371 g/mol. The number of halogens is 1. The van der Waals surface area contributed by atoms with Gasteiger partial charge in [-0.15, -0.1) is 10.2 Å². The van der Waals surface area contributed by atoms with Crippen LogP contribution in [0.3, 0.4) is 0 Å². The Morgan fingerprint density at radius 2 is 1.74 bits per heavy atom. The maximum Gasteiger partial charge on any atom is 0.286 e. The summed E-state index contributed by atoms with van der Waals surface area (Å²) in [6, 6.07) is 6.07. The van der Waals surface area contributed by atoms with Crippen molar-refractivity contribution in [2.45, 2.75) is 51.1 Å². The molecule has 1 aliphatic carbocycles. The van der Waals surface area contributed by atoms with Crippen molar-refractivity contribution in [1.29, 1.82) is 0 Å². The van der Waals surface area contributed by atoms with Crippen LogP contribution in [0.25, 0.3) is 0 Å². The van der Waals surface area contributed by atoms with Gasteiger partial charge in [0.15, 0.2) is 0 Å². The number of rotatable bonds is 3. The van der Waals surface area contributed by atoms with E-state index in [0.29, 0.717) is 19.0 Å². The summed E-state index contributed by atoms with van der Waals surface area (Å²) in [5.74, 6) is -0.403. The molecule has 1 aromatic carbocycles. The van der Waals surface area contributed by atoms with E-state index in [1.807, 2.05) is 0 Å². The highest BCUT2D eigenvalue weighted by molar-refractivity contribution is 5.92. The molecule has 0 atom stereocenters. The lowest BCUT2D eigenvalue weighted by molar-refractivity contribution is 0.0924. The quantitative estimate of drug-likeness (QED) is 0.838. The van der Waals surface area contributed by atoms with Gasteiger partial charge in [0.05, 0.1) is 0 Å². The van der Waals surface area contributed by atoms with Crippen LogP contribution >= 0.6 is 0 Å². The van der Waals surface area contributed by atoms with E-state index in [-0.39, 0.29) is 17.6 Å². The predicted octanol–water partition coefficient (Wildman–Crippen LogP) is 2.38. The second kappa shape index (κ2) is 7.46. The van der Waals surface area contributed by atoms with Crippen molar-refractivity contribution in [2.75, 3.05) is 11.4 Å². The van der Waals surface area contributed by atoms with Crippen molar-refractivity contribution >= 4 is 17.5 Å². The molecule has 0 saturated heterocycles. The zero-order valence-electron chi connectivity index (χ0n) is 15.0. The molecule has 1 amide bonds. The Morgan fingerprint density at radius 3 is 2.44 bits per heavy atom. The predicted molar refractivity (Wildman–Crippen MR) is 98.7 cm³/mol. The van der Waals surface area contributed by atoms with Crippen molar-refractivity contribution in [1.82, 2.24) is 20.1 Å². The third kappa shape index (κ3) is 3.56. The molecule has 1 aliphatic heterocycles. The van der Waals surface area contributed by atoms with Gasteiger partial charge in [0, 0.05) is 24.8 Å². The van der Waals surface area contributed by atoms with Crippen LogP contribution in [0.1, 0.15) is 49.0 Å². The number of amides is 1. The lowest BCUT2D eigenvalue weighted by atomic mass is 10.1. The summed E-state index contributed by atoms with van der Waals surface area (Å²) < 4.78 is 14.6. The Kier molecular flexibility index (Phi) is 4.87. The molecule has 0 spiro atoms. The van der Waals surface area contributed by atoms with Gasteiger partial charge in [-0.3, -0.25) is 14.2 Å². The smallest absolute Gasteiger partial charge is 0.286 e. The molecule has 2 aliphatic rings. The van der Waals surface area contributed by atoms with Crippen LogP contribution < -0.4 is 15.8 Å². The molecule has 2 heterocycles. The van der Waals surface area contributed by atoms with Crippen molar-refractivity contribution < 1.29 is 9.18 Å². The molecular formula is C19H22FN5O2. The SMILES string of the molecule is O=C(NC1CCCCCC1)c1nnc2n(c1=O)CCN2c1ccc(F)cc1. The number of carbonyl (C=O) groups excluding carboxylic acids is 1. The molecule has 0 bridgehead atoms. The minimum absolute atomic E-state index is 0.0927. The third-order valence-corrected chi connectivity index (χ3v) is 5.26. The minimum Gasteiger partial charge on any atom is -0.348 e. The van der Waals surface area contributed by atoms with E-state index in [1.165, 1.54) is 29.5 Å². The van der Waals surface area contributed by atoms with Gasteiger partial charge in [-0.25, -0.2) is 4.39 Å². The highest BCUT2D eigenvalue weighted by atomic mass is 19.1. The van der Waals surface area contributed by atoms with Gasteiger partial charge in [-0.2, -0.15) is 0 Å². The number of carbonyl (C=O) groups is 1. The second-order valence-electron chi connectivity index (χ2n) is 7.10. The Morgan fingerprint density at radius 1 is 1.04 bits per heavy atom. The number of hydrogen-bond acceptors (Lipinski definition) is 5. The lowest BCUT2D eigenvalue weighted by Crippen LogP contribution is -2.40. The van der Waals surface area contributed by atoms with Gasteiger partial charge in [0.1, 0.15) is 5.82 Å². The minimum atomic E-state index is -0.449. The summed E-state index contributed by atoms with van der Waals surface area (Å²) in [5, 5.41) is 11.0. The largest absolute Gasteiger partial charge is 0.348 e. The monoisotopic (exact) mass is 371 g/mol. The fraction of sp³-hybridized carbons (Fsp3) is 0.474. The number of anilines is 2. The molecule has 2 aromatic rings. The lowest BCUT2D eigenvalue weighted by Gasteiger charge is -2.17. The number of fused-ring (bicyclic) bond motifs is 1. The standard InChI is InChI=1S/C19H22FN5O2/c20-13-7-9-15(10-8-13)24-11-12-25-18(27)16(22-23-19(24)25)17(26)21-14-5-3-1-2-4-6-14/h7-10,14H,1-6,11-12H2,(H,21,26). The molecule has 1 saturated carbocycles. The van der Waals surface area contributed by atoms with Gasteiger partial charge in [0.2, 0.25) is 11.6 Å². The van der Waals surface area contributed by atoms with E-state index in [4.69, 9.17) is 0 Å². The molecule has 4 rings (SSSR count). The maximum absolute atomic E-state index is 13.1. The Bertz CT molecular complexity index is 888. The van der Waals surface area contributed by atoms with Crippen LogP contribution in [-0.2, 0) is 6.54 Å². The van der Waals surface area contributed by atoms with E-state index in [9.17, 15) is 14.0 Å². The Balaban J connectivity index is 1.56. The number of aromatic nitrogens is 3. The summed E-state index contributed by atoms with van der Waals surface area (Å²) in [7, 11) is 0. The van der Waals surface area contributed by atoms with Gasteiger partial charge in [-0.05, 0) is 37.1 Å². The van der Waals surface area contributed by atoms with Crippen LogP contribution in [-0.4, -0.2) is 33.3 Å².